The van der Waals surface area contributed by atoms with Crippen molar-refractivity contribution in [2.75, 3.05) is 11.9 Å². The molecule has 0 unspecified atom stereocenters. The lowest BCUT2D eigenvalue weighted by atomic mass is 9.64. The molecule has 2 aromatic carbocycles. The maximum Gasteiger partial charge on any atom is 0.262 e. The van der Waals surface area contributed by atoms with Crippen molar-refractivity contribution in [3.8, 4) is 5.75 Å². The molecule has 6 nitrogen and oxygen atoms in total. The summed E-state index contributed by atoms with van der Waals surface area (Å²) >= 11 is 0. The van der Waals surface area contributed by atoms with Crippen molar-refractivity contribution < 1.29 is 23.5 Å². The van der Waals surface area contributed by atoms with Crippen LogP contribution in [0.4, 0.5) is 10.1 Å². The monoisotopic (exact) mass is 516 g/mol. The van der Waals surface area contributed by atoms with Crippen LogP contribution < -0.4 is 15.4 Å². The van der Waals surface area contributed by atoms with E-state index in [2.05, 4.69) is 38.3 Å². The molecule has 0 spiro atoms. The first-order valence-corrected chi connectivity index (χ1v) is 13.0. The highest BCUT2D eigenvalue weighted by Crippen LogP contribution is 2.51. The van der Waals surface area contributed by atoms with Crippen LogP contribution in [0.1, 0.15) is 64.9 Å². The molecule has 0 saturated carbocycles. The highest BCUT2D eigenvalue weighted by Gasteiger charge is 2.46. The van der Waals surface area contributed by atoms with Gasteiger partial charge in [-0.1, -0.05) is 52.0 Å². The summed E-state index contributed by atoms with van der Waals surface area (Å²) < 4.78 is 19.6. The topological polar surface area (TPSA) is 84.5 Å². The summed E-state index contributed by atoms with van der Waals surface area (Å²) in [6.07, 6.45) is 2.28. The minimum Gasteiger partial charge on any atom is -0.484 e. The number of ketones is 2. The number of allylic oxidation sites excluding steroid dienone is 4. The number of Topliss-reactive ketones (excluding diaryl/α,β-unsaturated/α-hetero) is 2. The Hall–Kier alpha value is -3.74. The Morgan fingerprint density at radius 1 is 0.921 bits per heavy atom. The van der Waals surface area contributed by atoms with E-state index in [0.29, 0.717) is 29.7 Å². The normalized spacial score (nSPS) is 20.4. The average Bonchev–Trinajstić information content (AvgIpc) is 2.81. The van der Waals surface area contributed by atoms with Gasteiger partial charge >= 0.3 is 0 Å². The summed E-state index contributed by atoms with van der Waals surface area (Å²) in [4.78, 5) is 39.4. The first-order valence-electron chi connectivity index (χ1n) is 13.0. The first-order chi connectivity index (χ1) is 17.9. The Kier molecular flexibility index (Phi) is 6.49. The Balaban J connectivity index is 1.45. The molecule has 0 aromatic heterocycles. The molecule has 0 fully saturated rings. The molecule has 0 atom stereocenters. The van der Waals surface area contributed by atoms with Crippen LogP contribution >= 0.6 is 0 Å². The highest BCUT2D eigenvalue weighted by molar-refractivity contribution is 6.06. The fourth-order valence-electron chi connectivity index (χ4n) is 5.90. The van der Waals surface area contributed by atoms with Crippen molar-refractivity contribution in [3.05, 3.63) is 82.5 Å². The second kappa shape index (κ2) is 9.53. The number of rotatable bonds is 5. The quantitative estimate of drug-likeness (QED) is 0.524. The molecule has 1 aliphatic heterocycles. The summed E-state index contributed by atoms with van der Waals surface area (Å²) in [5, 5.41) is 6.02. The standard InChI is InChI=1S/C31H33FN2O4/c1-30(2)13-22-28(24(35)15-30)27(29-23(33-22)14-31(3,4)16-25(29)36)18-8-7-9-19(12-18)38-17-26(37)34-21-11-6-5-10-20(21)32/h5-12,27,33H,13-17H2,1-4H3,(H,34,37). The second-order valence-electron chi connectivity index (χ2n) is 12.1. The molecule has 2 aromatic rings. The molecule has 0 radical (unpaired) electrons. The molecule has 2 aliphatic carbocycles. The van der Waals surface area contributed by atoms with E-state index in [0.717, 1.165) is 29.8 Å². The lowest BCUT2D eigenvalue weighted by Gasteiger charge is -2.44. The molecular weight excluding hydrogens is 483 g/mol. The molecule has 198 valence electrons. The van der Waals surface area contributed by atoms with Crippen LogP contribution in [0.2, 0.25) is 0 Å². The number of dihydropyridines is 1. The number of benzene rings is 2. The van der Waals surface area contributed by atoms with Gasteiger partial charge in [-0.05, 0) is 53.5 Å². The molecule has 0 bridgehead atoms. The Morgan fingerprint density at radius 3 is 2.13 bits per heavy atom. The van der Waals surface area contributed by atoms with Crippen LogP contribution in [0.15, 0.2) is 71.1 Å². The van der Waals surface area contributed by atoms with Gasteiger partial charge in [0.25, 0.3) is 5.91 Å². The lowest BCUT2D eigenvalue weighted by Crippen LogP contribution is -2.42. The van der Waals surface area contributed by atoms with Crippen LogP contribution in [-0.2, 0) is 14.4 Å². The van der Waals surface area contributed by atoms with Crippen LogP contribution in [0, 0.1) is 16.6 Å². The summed E-state index contributed by atoms with van der Waals surface area (Å²) in [5.74, 6) is -0.971. The van der Waals surface area contributed by atoms with E-state index in [4.69, 9.17) is 4.74 Å². The summed E-state index contributed by atoms with van der Waals surface area (Å²) in [7, 11) is 0. The number of hydrogen-bond acceptors (Lipinski definition) is 5. The largest absolute Gasteiger partial charge is 0.484 e. The zero-order valence-electron chi connectivity index (χ0n) is 22.2. The van der Waals surface area contributed by atoms with Gasteiger partial charge in [-0.15, -0.1) is 0 Å². The molecular formula is C31H33FN2O4. The number of anilines is 1. The fraction of sp³-hybridized carbons (Fsp3) is 0.387. The van der Waals surface area contributed by atoms with E-state index in [9.17, 15) is 18.8 Å². The van der Waals surface area contributed by atoms with Crippen molar-refractivity contribution in [2.24, 2.45) is 10.8 Å². The van der Waals surface area contributed by atoms with E-state index in [1.807, 2.05) is 6.07 Å². The maximum atomic E-state index is 13.9. The molecule has 7 heteroatoms. The average molecular weight is 517 g/mol. The minimum atomic E-state index is -0.525. The molecule has 1 amide bonds. The van der Waals surface area contributed by atoms with Gasteiger partial charge < -0.3 is 15.4 Å². The number of hydrogen-bond donors (Lipinski definition) is 2. The van der Waals surface area contributed by atoms with Gasteiger partial charge in [-0.2, -0.15) is 0 Å². The third-order valence-electron chi connectivity index (χ3n) is 7.43. The molecule has 3 aliphatic rings. The van der Waals surface area contributed by atoms with E-state index < -0.39 is 17.6 Å². The second-order valence-corrected chi connectivity index (χ2v) is 12.1. The van der Waals surface area contributed by atoms with E-state index in [1.165, 1.54) is 12.1 Å². The van der Waals surface area contributed by atoms with Crippen molar-refractivity contribution in [1.82, 2.24) is 5.32 Å². The first kappa shape index (κ1) is 25.9. The van der Waals surface area contributed by atoms with Crippen molar-refractivity contribution in [2.45, 2.75) is 59.3 Å². The number of nitrogens with one attached hydrogen (secondary N) is 2. The Labute approximate surface area is 222 Å². The minimum absolute atomic E-state index is 0.0496. The summed E-state index contributed by atoms with van der Waals surface area (Å²) in [5.41, 5.74) is 3.64. The molecule has 5 rings (SSSR count). The lowest BCUT2D eigenvalue weighted by molar-refractivity contribution is -0.119. The summed E-state index contributed by atoms with van der Waals surface area (Å²) in [6.45, 7) is 8.04. The van der Waals surface area contributed by atoms with Crippen molar-refractivity contribution in [1.29, 1.82) is 0 Å². The third-order valence-corrected chi connectivity index (χ3v) is 7.43. The van der Waals surface area contributed by atoms with E-state index in [-0.39, 0.29) is 34.7 Å². The number of carbonyl (C=O) groups is 3. The van der Waals surface area contributed by atoms with Gasteiger partial charge in [-0.3, -0.25) is 14.4 Å². The van der Waals surface area contributed by atoms with Gasteiger partial charge in [0, 0.05) is 41.3 Å². The van der Waals surface area contributed by atoms with Gasteiger partial charge in [0.15, 0.2) is 18.2 Å². The van der Waals surface area contributed by atoms with Crippen LogP contribution in [-0.4, -0.2) is 24.1 Å². The predicted octanol–water partition coefficient (Wildman–Crippen LogP) is 5.82. The number of para-hydroxylation sites is 1. The van der Waals surface area contributed by atoms with E-state index in [1.54, 1.807) is 30.3 Å². The Morgan fingerprint density at radius 2 is 1.53 bits per heavy atom. The van der Waals surface area contributed by atoms with Crippen LogP contribution in [0.5, 0.6) is 5.75 Å². The highest BCUT2D eigenvalue weighted by atomic mass is 19.1. The molecule has 1 heterocycles. The molecule has 38 heavy (non-hydrogen) atoms. The van der Waals surface area contributed by atoms with Crippen molar-refractivity contribution in [3.63, 3.8) is 0 Å². The molecule has 2 N–H and O–H groups in total. The zero-order chi connectivity index (χ0) is 27.2. The number of amides is 1. The van der Waals surface area contributed by atoms with Crippen LogP contribution in [0.3, 0.4) is 0 Å². The summed E-state index contributed by atoms with van der Waals surface area (Å²) in [6, 6.07) is 13.2. The smallest absolute Gasteiger partial charge is 0.262 e. The maximum absolute atomic E-state index is 13.9. The van der Waals surface area contributed by atoms with Gasteiger partial charge in [0.1, 0.15) is 11.6 Å². The van der Waals surface area contributed by atoms with Crippen LogP contribution in [0.25, 0.3) is 0 Å². The number of ether oxygens (including phenoxy) is 1. The Bertz CT molecular complexity index is 1350. The number of halogens is 1. The van der Waals surface area contributed by atoms with Gasteiger partial charge in [0.05, 0.1) is 5.69 Å². The molecule has 0 saturated heterocycles. The van der Waals surface area contributed by atoms with Gasteiger partial charge in [-0.25, -0.2) is 4.39 Å². The van der Waals surface area contributed by atoms with E-state index >= 15 is 0 Å². The van der Waals surface area contributed by atoms with Gasteiger partial charge in [0.2, 0.25) is 0 Å². The number of carbonyl (C=O) groups excluding carboxylic acids is 3. The predicted molar refractivity (Wildman–Crippen MR) is 143 cm³/mol. The zero-order valence-corrected chi connectivity index (χ0v) is 22.2. The third kappa shape index (κ3) is 5.15. The van der Waals surface area contributed by atoms with Crippen molar-refractivity contribution >= 4 is 23.2 Å². The SMILES string of the molecule is CC1(C)CC(=O)C2=C(C1)NC1=C(C(=O)CC(C)(C)C1)C2c1cccc(OCC(=O)Nc2ccccc2F)c1. The fourth-order valence-corrected chi connectivity index (χ4v) is 5.90.